The standard InChI is InChI=1S/C13H19NO3S/c1-13(15,9-14)4-7-18-10-2-3-11-12(8-10)17-6-5-16-11/h2-3,8,15H,4-7,9,14H2,1H3. The molecule has 1 aliphatic rings. The predicted molar refractivity (Wildman–Crippen MR) is 72.5 cm³/mol. The number of aliphatic hydroxyl groups is 1. The SMILES string of the molecule is CC(O)(CN)CCSc1ccc2c(c1)OCCO2. The first kappa shape index (κ1) is 13.5. The van der Waals surface area contributed by atoms with Gasteiger partial charge in [-0.2, -0.15) is 0 Å². The van der Waals surface area contributed by atoms with Gasteiger partial charge >= 0.3 is 0 Å². The minimum Gasteiger partial charge on any atom is -0.486 e. The van der Waals surface area contributed by atoms with E-state index in [1.165, 1.54) is 0 Å². The van der Waals surface area contributed by atoms with Crippen LogP contribution in [0.5, 0.6) is 11.5 Å². The van der Waals surface area contributed by atoms with Crippen molar-refractivity contribution in [3.63, 3.8) is 0 Å². The van der Waals surface area contributed by atoms with Crippen molar-refractivity contribution in [1.29, 1.82) is 0 Å². The smallest absolute Gasteiger partial charge is 0.162 e. The number of fused-ring (bicyclic) bond motifs is 1. The van der Waals surface area contributed by atoms with E-state index in [1.807, 2.05) is 18.2 Å². The lowest BCUT2D eigenvalue weighted by atomic mass is 10.1. The lowest BCUT2D eigenvalue weighted by Crippen LogP contribution is -2.34. The van der Waals surface area contributed by atoms with Crippen molar-refractivity contribution in [3.8, 4) is 11.5 Å². The molecule has 1 aliphatic heterocycles. The molecule has 0 amide bonds. The summed E-state index contributed by atoms with van der Waals surface area (Å²) in [4.78, 5) is 1.12. The van der Waals surface area contributed by atoms with E-state index in [4.69, 9.17) is 15.2 Å². The molecule has 1 atom stereocenters. The Morgan fingerprint density at radius 2 is 2.06 bits per heavy atom. The van der Waals surface area contributed by atoms with E-state index >= 15 is 0 Å². The number of thioether (sulfide) groups is 1. The molecule has 3 N–H and O–H groups in total. The summed E-state index contributed by atoms with van der Waals surface area (Å²) in [5, 5.41) is 9.81. The maximum absolute atomic E-state index is 9.81. The fourth-order valence-electron chi connectivity index (χ4n) is 1.60. The van der Waals surface area contributed by atoms with Crippen molar-refractivity contribution in [2.75, 3.05) is 25.5 Å². The van der Waals surface area contributed by atoms with E-state index in [2.05, 4.69) is 0 Å². The highest BCUT2D eigenvalue weighted by Crippen LogP contribution is 2.34. The molecule has 0 spiro atoms. The Morgan fingerprint density at radius 3 is 2.78 bits per heavy atom. The summed E-state index contributed by atoms with van der Waals surface area (Å²) in [5.41, 5.74) is 4.70. The van der Waals surface area contributed by atoms with Gasteiger partial charge in [-0.3, -0.25) is 0 Å². The van der Waals surface area contributed by atoms with Gasteiger partial charge in [0.1, 0.15) is 13.2 Å². The van der Waals surface area contributed by atoms with Crippen LogP contribution < -0.4 is 15.2 Å². The van der Waals surface area contributed by atoms with Gasteiger partial charge in [0.15, 0.2) is 11.5 Å². The Hall–Kier alpha value is -0.910. The fraction of sp³-hybridized carbons (Fsp3) is 0.538. The van der Waals surface area contributed by atoms with Crippen molar-refractivity contribution in [1.82, 2.24) is 0 Å². The highest BCUT2D eigenvalue weighted by Gasteiger charge is 2.17. The summed E-state index contributed by atoms with van der Waals surface area (Å²) in [5.74, 6) is 2.43. The lowest BCUT2D eigenvalue weighted by Gasteiger charge is -2.21. The van der Waals surface area contributed by atoms with Gasteiger partial charge in [-0.1, -0.05) is 0 Å². The predicted octanol–water partition coefficient (Wildman–Crippen LogP) is 1.65. The molecule has 18 heavy (non-hydrogen) atoms. The van der Waals surface area contributed by atoms with Crippen LogP contribution in [-0.4, -0.2) is 36.2 Å². The summed E-state index contributed by atoms with van der Waals surface area (Å²) in [6.07, 6.45) is 0.669. The van der Waals surface area contributed by atoms with Gasteiger partial charge in [0.05, 0.1) is 5.60 Å². The highest BCUT2D eigenvalue weighted by atomic mass is 32.2. The molecule has 1 unspecified atom stereocenters. The summed E-state index contributed by atoms with van der Waals surface area (Å²) in [7, 11) is 0. The Labute approximate surface area is 111 Å². The first-order valence-corrected chi connectivity index (χ1v) is 7.04. The molecule has 5 heteroatoms. The zero-order chi connectivity index (χ0) is 13.0. The summed E-state index contributed by atoms with van der Waals surface area (Å²) in [6.45, 7) is 3.26. The Kier molecular flexibility index (Phi) is 4.37. The molecule has 2 rings (SSSR count). The molecule has 0 fully saturated rings. The summed E-state index contributed by atoms with van der Waals surface area (Å²) < 4.78 is 11.0. The van der Waals surface area contributed by atoms with Gasteiger partial charge in [-0.15, -0.1) is 11.8 Å². The molecule has 0 saturated heterocycles. The number of rotatable bonds is 5. The van der Waals surface area contributed by atoms with Gasteiger partial charge < -0.3 is 20.3 Å². The van der Waals surface area contributed by atoms with Gasteiger partial charge in [-0.25, -0.2) is 0 Å². The van der Waals surface area contributed by atoms with Crippen LogP contribution in [0.25, 0.3) is 0 Å². The second-order valence-electron chi connectivity index (χ2n) is 4.60. The zero-order valence-corrected chi connectivity index (χ0v) is 11.3. The van der Waals surface area contributed by atoms with Gasteiger partial charge in [0.2, 0.25) is 0 Å². The van der Waals surface area contributed by atoms with Crippen LogP contribution in [0.1, 0.15) is 13.3 Å². The normalized spacial score (nSPS) is 17.3. The van der Waals surface area contributed by atoms with E-state index < -0.39 is 5.60 Å². The average molecular weight is 269 g/mol. The molecule has 0 saturated carbocycles. The molecule has 4 nitrogen and oxygen atoms in total. The molecule has 1 heterocycles. The molecule has 0 radical (unpaired) electrons. The second-order valence-corrected chi connectivity index (χ2v) is 5.77. The molecule has 0 aromatic heterocycles. The number of hydrogen-bond donors (Lipinski definition) is 2. The summed E-state index contributed by atoms with van der Waals surface area (Å²) in [6, 6.07) is 5.92. The third-order valence-corrected chi connectivity index (χ3v) is 3.86. The largest absolute Gasteiger partial charge is 0.486 e. The zero-order valence-electron chi connectivity index (χ0n) is 10.5. The van der Waals surface area contributed by atoms with Crippen molar-refractivity contribution in [3.05, 3.63) is 18.2 Å². The first-order chi connectivity index (χ1) is 8.61. The molecule has 1 aromatic carbocycles. The van der Waals surface area contributed by atoms with E-state index in [1.54, 1.807) is 18.7 Å². The first-order valence-electron chi connectivity index (χ1n) is 6.06. The maximum Gasteiger partial charge on any atom is 0.162 e. The minimum absolute atomic E-state index is 0.286. The van der Waals surface area contributed by atoms with Crippen LogP contribution in [0, 0.1) is 0 Å². The van der Waals surface area contributed by atoms with Crippen molar-refractivity contribution in [2.24, 2.45) is 5.73 Å². The summed E-state index contributed by atoms with van der Waals surface area (Å²) >= 11 is 1.68. The topological polar surface area (TPSA) is 64.7 Å². The number of ether oxygens (including phenoxy) is 2. The van der Waals surface area contributed by atoms with Crippen LogP contribution in [0.2, 0.25) is 0 Å². The third-order valence-electron chi connectivity index (χ3n) is 2.86. The van der Waals surface area contributed by atoms with Crippen LogP contribution in [-0.2, 0) is 0 Å². The van der Waals surface area contributed by atoms with E-state index in [9.17, 15) is 5.11 Å². The van der Waals surface area contributed by atoms with Crippen LogP contribution >= 0.6 is 11.8 Å². The minimum atomic E-state index is -0.777. The molecule has 0 bridgehead atoms. The molecule has 100 valence electrons. The molecule has 1 aromatic rings. The quantitative estimate of drug-likeness (QED) is 0.796. The van der Waals surface area contributed by atoms with Gasteiger partial charge in [0, 0.05) is 17.2 Å². The van der Waals surface area contributed by atoms with Crippen molar-refractivity contribution in [2.45, 2.75) is 23.8 Å². The Bertz CT molecular complexity index is 409. The van der Waals surface area contributed by atoms with E-state index in [0.717, 1.165) is 22.1 Å². The monoisotopic (exact) mass is 269 g/mol. The number of nitrogens with two attached hydrogens (primary N) is 1. The van der Waals surface area contributed by atoms with Gasteiger partial charge in [0.25, 0.3) is 0 Å². The highest BCUT2D eigenvalue weighted by molar-refractivity contribution is 7.99. The van der Waals surface area contributed by atoms with Gasteiger partial charge in [-0.05, 0) is 31.5 Å². The van der Waals surface area contributed by atoms with Crippen molar-refractivity contribution < 1.29 is 14.6 Å². The van der Waals surface area contributed by atoms with E-state index in [0.29, 0.717) is 19.6 Å². The van der Waals surface area contributed by atoms with Crippen LogP contribution in [0.4, 0.5) is 0 Å². The van der Waals surface area contributed by atoms with Crippen molar-refractivity contribution >= 4 is 11.8 Å². The Balaban J connectivity index is 1.90. The fourth-order valence-corrected chi connectivity index (χ4v) is 2.74. The maximum atomic E-state index is 9.81. The average Bonchev–Trinajstić information content (AvgIpc) is 2.38. The lowest BCUT2D eigenvalue weighted by molar-refractivity contribution is 0.0665. The van der Waals surface area contributed by atoms with Crippen LogP contribution in [0.3, 0.4) is 0 Å². The number of benzene rings is 1. The van der Waals surface area contributed by atoms with Crippen LogP contribution in [0.15, 0.2) is 23.1 Å². The Morgan fingerprint density at radius 1 is 1.33 bits per heavy atom. The third kappa shape index (κ3) is 3.54. The van der Waals surface area contributed by atoms with E-state index in [-0.39, 0.29) is 6.54 Å². The molecular weight excluding hydrogens is 250 g/mol. The molecule has 0 aliphatic carbocycles. The molecular formula is C13H19NO3S. The second kappa shape index (κ2) is 5.82. The number of hydrogen-bond acceptors (Lipinski definition) is 5.